The maximum absolute atomic E-state index is 12.0. The Morgan fingerprint density at radius 2 is 1.78 bits per heavy atom. The summed E-state index contributed by atoms with van der Waals surface area (Å²) in [6, 6.07) is 17.6. The van der Waals surface area contributed by atoms with Crippen molar-refractivity contribution in [1.82, 2.24) is 0 Å². The molecule has 0 bridgehead atoms. The van der Waals surface area contributed by atoms with Crippen molar-refractivity contribution in [2.45, 2.75) is 6.92 Å². The summed E-state index contributed by atoms with van der Waals surface area (Å²) in [5, 5.41) is 0. The summed E-state index contributed by atoms with van der Waals surface area (Å²) >= 11 is 2.23. The van der Waals surface area contributed by atoms with Crippen molar-refractivity contribution >= 4 is 40.5 Å². The van der Waals surface area contributed by atoms with Gasteiger partial charge >= 0.3 is 5.97 Å². The van der Waals surface area contributed by atoms with Gasteiger partial charge in [-0.05, 0) is 71.0 Å². The summed E-state index contributed by atoms with van der Waals surface area (Å²) in [5.74, 6) is -0.0653. The largest absolute Gasteiger partial charge is 0.402 e. The van der Waals surface area contributed by atoms with Gasteiger partial charge in [0.2, 0.25) is 5.90 Å². The first-order valence-electron chi connectivity index (χ1n) is 7.14. The number of esters is 1. The summed E-state index contributed by atoms with van der Waals surface area (Å²) in [5.41, 5.74) is 3.14. The Kier molecular flexibility index (Phi) is 4.71. The summed E-state index contributed by atoms with van der Waals surface area (Å²) in [6.07, 6.45) is 3.74. The predicted molar refractivity (Wildman–Crippen MR) is 100.0 cm³/mol. The van der Waals surface area contributed by atoms with Gasteiger partial charge in [0.05, 0.1) is 0 Å². The minimum absolute atomic E-state index is 0.322. The zero-order valence-electron chi connectivity index (χ0n) is 12.5. The molecule has 4 heteroatoms. The first-order valence-corrected chi connectivity index (χ1v) is 8.21. The summed E-state index contributed by atoms with van der Waals surface area (Å²) in [7, 11) is 0. The number of hydrogen-bond acceptors (Lipinski definition) is 3. The van der Waals surface area contributed by atoms with Crippen LogP contribution in [0.4, 0.5) is 0 Å². The lowest BCUT2D eigenvalue weighted by molar-refractivity contribution is -0.130. The quantitative estimate of drug-likeness (QED) is 0.418. The van der Waals surface area contributed by atoms with E-state index in [1.165, 1.54) is 0 Å². The molecule has 0 spiro atoms. The molecule has 1 heterocycles. The minimum Gasteiger partial charge on any atom is -0.402 e. The van der Waals surface area contributed by atoms with Crippen LogP contribution in [-0.2, 0) is 9.53 Å². The molecule has 1 aliphatic heterocycles. The molecule has 0 saturated heterocycles. The van der Waals surface area contributed by atoms with Gasteiger partial charge in [-0.15, -0.1) is 0 Å². The molecule has 3 rings (SSSR count). The molecular formula is C19H14INO2. The maximum Gasteiger partial charge on any atom is 0.363 e. The molecule has 0 atom stereocenters. The van der Waals surface area contributed by atoms with E-state index in [9.17, 15) is 4.79 Å². The Bertz CT molecular complexity index is 818. The van der Waals surface area contributed by atoms with Crippen LogP contribution in [0, 0.1) is 3.57 Å². The fourth-order valence-electron chi connectivity index (χ4n) is 2.19. The summed E-state index contributed by atoms with van der Waals surface area (Å²) < 4.78 is 6.38. The van der Waals surface area contributed by atoms with Crippen molar-refractivity contribution in [3.8, 4) is 0 Å². The van der Waals surface area contributed by atoms with E-state index < -0.39 is 5.97 Å². The first kappa shape index (κ1) is 15.7. The molecular weight excluding hydrogens is 401 g/mol. The fraction of sp³-hybridized carbons (Fsp3) is 0.0526. The normalized spacial score (nSPS) is 16.4. The van der Waals surface area contributed by atoms with Gasteiger partial charge in [-0.1, -0.05) is 36.4 Å². The number of halogens is 1. The second-order valence-corrected chi connectivity index (χ2v) is 6.39. The molecule has 0 N–H and O–H groups in total. The van der Waals surface area contributed by atoms with E-state index in [4.69, 9.17) is 4.74 Å². The smallest absolute Gasteiger partial charge is 0.363 e. The molecule has 23 heavy (non-hydrogen) atoms. The van der Waals surface area contributed by atoms with Gasteiger partial charge in [-0.25, -0.2) is 9.79 Å². The molecule has 0 unspecified atom stereocenters. The zero-order valence-corrected chi connectivity index (χ0v) is 14.7. The van der Waals surface area contributed by atoms with E-state index in [2.05, 4.69) is 27.6 Å². The van der Waals surface area contributed by atoms with Crippen LogP contribution in [0.2, 0.25) is 0 Å². The number of carbonyl (C=O) groups excluding carboxylic acids is 1. The van der Waals surface area contributed by atoms with E-state index in [1.54, 1.807) is 6.08 Å². The van der Waals surface area contributed by atoms with Crippen LogP contribution in [0.3, 0.4) is 0 Å². The zero-order chi connectivity index (χ0) is 16.2. The number of allylic oxidation sites excluding steroid dienone is 2. The third kappa shape index (κ3) is 3.96. The maximum atomic E-state index is 12.0. The van der Waals surface area contributed by atoms with Gasteiger partial charge in [0, 0.05) is 9.13 Å². The molecule has 114 valence electrons. The van der Waals surface area contributed by atoms with Gasteiger partial charge in [0.1, 0.15) is 0 Å². The van der Waals surface area contributed by atoms with Gasteiger partial charge < -0.3 is 4.74 Å². The molecule has 0 fully saturated rings. The van der Waals surface area contributed by atoms with Crippen LogP contribution in [-0.4, -0.2) is 11.9 Å². The highest BCUT2D eigenvalue weighted by Crippen LogP contribution is 2.19. The minimum atomic E-state index is -0.417. The first-order chi connectivity index (χ1) is 11.1. The van der Waals surface area contributed by atoms with Crippen molar-refractivity contribution in [3.05, 3.63) is 86.6 Å². The second kappa shape index (κ2) is 6.91. The monoisotopic (exact) mass is 415 g/mol. The van der Waals surface area contributed by atoms with E-state index in [-0.39, 0.29) is 0 Å². The molecule has 2 aromatic carbocycles. The average Bonchev–Trinajstić information content (AvgIpc) is 2.90. The van der Waals surface area contributed by atoms with E-state index in [0.717, 1.165) is 20.3 Å². The van der Waals surface area contributed by atoms with Gasteiger partial charge in [0.15, 0.2) is 5.70 Å². The fourth-order valence-corrected chi connectivity index (χ4v) is 2.55. The Balaban J connectivity index is 1.86. The number of aliphatic imine (C=N–C) groups is 1. The van der Waals surface area contributed by atoms with Crippen molar-refractivity contribution in [1.29, 1.82) is 0 Å². The Hall–Kier alpha value is -2.21. The Labute approximate surface area is 148 Å². The molecule has 0 radical (unpaired) electrons. The van der Waals surface area contributed by atoms with Crippen LogP contribution in [0.25, 0.3) is 6.08 Å². The van der Waals surface area contributed by atoms with Crippen molar-refractivity contribution in [3.63, 3.8) is 0 Å². The number of benzene rings is 2. The molecule has 0 saturated carbocycles. The number of ether oxygens (including phenoxy) is 1. The molecule has 1 aliphatic rings. The second-order valence-electron chi connectivity index (χ2n) is 5.14. The average molecular weight is 415 g/mol. The van der Waals surface area contributed by atoms with E-state index >= 15 is 0 Å². The van der Waals surface area contributed by atoms with Crippen molar-refractivity contribution < 1.29 is 9.53 Å². The highest BCUT2D eigenvalue weighted by molar-refractivity contribution is 14.1. The predicted octanol–water partition coefficient (Wildman–Crippen LogP) is 4.58. The van der Waals surface area contributed by atoms with Crippen LogP contribution in [0.5, 0.6) is 0 Å². The molecule has 0 amide bonds. The molecule has 0 aliphatic carbocycles. The van der Waals surface area contributed by atoms with Gasteiger partial charge in [-0.2, -0.15) is 0 Å². The van der Waals surface area contributed by atoms with Crippen molar-refractivity contribution in [2.24, 2.45) is 4.99 Å². The lowest BCUT2D eigenvalue weighted by Gasteiger charge is -1.98. The lowest BCUT2D eigenvalue weighted by atomic mass is 10.1. The Morgan fingerprint density at radius 1 is 1.09 bits per heavy atom. The SMILES string of the molecule is CC(/C=C1\N=C(c2ccc(I)cc2)OC1=O)=C\c1ccccc1. The molecule has 0 aromatic heterocycles. The highest BCUT2D eigenvalue weighted by atomic mass is 127. The van der Waals surface area contributed by atoms with Crippen LogP contribution in [0.15, 0.2) is 76.9 Å². The molecule has 2 aromatic rings. The standard InChI is InChI=1S/C19H14INO2/c1-13(11-14-5-3-2-4-6-14)12-17-19(22)23-18(21-17)15-7-9-16(20)10-8-15/h2-12H,1H3/b13-11+,17-12-. The molecule has 3 nitrogen and oxygen atoms in total. The number of carbonyl (C=O) groups is 1. The topological polar surface area (TPSA) is 38.7 Å². The van der Waals surface area contributed by atoms with Crippen LogP contribution < -0.4 is 0 Å². The number of hydrogen-bond donors (Lipinski definition) is 0. The third-order valence-electron chi connectivity index (χ3n) is 3.27. The van der Waals surface area contributed by atoms with E-state index in [0.29, 0.717) is 11.6 Å². The third-order valence-corrected chi connectivity index (χ3v) is 3.99. The lowest BCUT2D eigenvalue weighted by Crippen LogP contribution is -2.05. The number of rotatable bonds is 3. The number of cyclic esters (lactones) is 1. The Morgan fingerprint density at radius 3 is 2.48 bits per heavy atom. The van der Waals surface area contributed by atoms with Gasteiger partial charge in [0.25, 0.3) is 0 Å². The summed E-state index contributed by atoms with van der Waals surface area (Å²) in [4.78, 5) is 16.3. The van der Waals surface area contributed by atoms with Gasteiger partial charge in [-0.3, -0.25) is 0 Å². The summed E-state index contributed by atoms with van der Waals surface area (Å²) in [6.45, 7) is 1.94. The highest BCUT2D eigenvalue weighted by Gasteiger charge is 2.23. The number of nitrogens with zero attached hydrogens (tertiary/aromatic N) is 1. The van der Waals surface area contributed by atoms with E-state index in [1.807, 2.05) is 67.6 Å². The van der Waals surface area contributed by atoms with Crippen LogP contribution >= 0.6 is 22.6 Å². The van der Waals surface area contributed by atoms with Crippen molar-refractivity contribution in [2.75, 3.05) is 0 Å². The van der Waals surface area contributed by atoms with Crippen LogP contribution in [0.1, 0.15) is 18.1 Å².